The van der Waals surface area contributed by atoms with E-state index in [2.05, 4.69) is 4.99 Å². The summed E-state index contributed by atoms with van der Waals surface area (Å²) in [5.41, 5.74) is 11.8. The molecule has 2 aromatic rings. The number of carbonyl (C=O) groups is 1. The van der Waals surface area contributed by atoms with Crippen LogP contribution < -0.4 is 11.5 Å². The molecule has 1 amide bonds. The highest BCUT2D eigenvalue weighted by Crippen LogP contribution is 2.25. The zero-order valence-electron chi connectivity index (χ0n) is 8.73. The molecule has 0 spiro atoms. The molecule has 5 heteroatoms. The number of rotatable bonds is 1. The summed E-state index contributed by atoms with van der Waals surface area (Å²) in [6.07, 6.45) is 0. The molecule has 2 rings (SSSR count). The molecular formula is C11H11N3OS. The lowest BCUT2D eigenvalue weighted by Gasteiger charge is -2.02. The minimum atomic E-state index is -0.396. The molecule has 0 saturated carbocycles. The zero-order chi connectivity index (χ0) is 11.7. The number of hydrogen-bond donors (Lipinski definition) is 2. The average molecular weight is 233 g/mol. The molecular weight excluding hydrogens is 222 g/mol. The fourth-order valence-corrected chi connectivity index (χ4v) is 2.34. The number of carbonyl (C=O) groups excluding carboxylic acids is 1. The fraction of sp³-hybridized carbons (Fsp3) is 0.0909. The Bertz CT molecular complexity index is 582. The number of aryl methyl sites for hydroxylation is 1. The van der Waals surface area contributed by atoms with Crippen LogP contribution in [-0.4, -0.2) is 11.9 Å². The maximum Gasteiger partial charge on any atom is 0.280 e. The van der Waals surface area contributed by atoms with Gasteiger partial charge in [-0.1, -0.05) is 0 Å². The van der Waals surface area contributed by atoms with Crippen molar-refractivity contribution >= 4 is 33.3 Å². The quantitative estimate of drug-likeness (QED) is 0.580. The normalized spacial score (nSPS) is 10.3. The summed E-state index contributed by atoms with van der Waals surface area (Å²) >= 11 is 1.58. The number of benzene rings is 1. The molecule has 82 valence electrons. The van der Waals surface area contributed by atoms with E-state index in [0.717, 1.165) is 15.6 Å². The Balaban J connectivity index is 2.55. The summed E-state index contributed by atoms with van der Waals surface area (Å²) in [6.45, 7) is 1.87. The molecule has 0 atom stereocenters. The molecule has 0 unspecified atom stereocenters. The maximum absolute atomic E-state index is 11.7. The van der Waals surface area contributed by atoms with Gasteiger partial charge in [0.2, 0.25) is 0 Å². The lowest BCUT2D eigenvalue weighted by Crippen LogP contribution is -2.24. The number of thiophene rings is 1. The summed E-state index contributed by atoms with van der Waals surface area (Å²) in [5.74, 6) is -0.608. The first kappa shape index (κ1) is 10.6. The first-order valence-electron chi connectivity index (χ1n) is 4.70. The van der Waals surface area contributed by atoms with Crippen LogP contribution in [0.3, 0.4) is 0 Å². The lowest BCUT2D eigenvalue weighted by atomic mass is 10.1. The van der Waals surface area contributed by atoms with E-state index in [1.807, 2.05) is 30.5 Å². The van der Waals surface area contributed by atoms with Gasteiger partial charge in [-0.25, -0.2) is 0 Å². The number of fused-ring (bicyclic) bond motifs is 1. The number of nitrogens with two attached hydrogens (primary N) is 2. The van der Waals surface area contributed by atoms with Gasteiger partial charge in [0.05, 0.1) is 0 Å². The number of amides is 1. The van der Waals surface area contributed by atoms with E-state index in [1.165, 1.54) is 0 Å². The van der Waals surface area contributed by atoms with E-state index in [1.54, 1.807) is 11.3 Å². The average Bonchev–Trinajstić information content (AvgIpc) is 2.61. The topological polar surface area (TPSA) is 81.5 Å². The van der Waals surface area contributed by atoms with Crippen LogP contribution in [0.15, 0.2) is 28.6 Å². The monoisotopic (exact) mass is 233 g/mol. The maximum atomic E-state index is 11.7. The number of aliphatic imine (C=N–C) groups is 1. The molecule has 0 saturated heterocycles. The highest BCUT2D eigenvalue weighted by Gasteiger charge is 2.10. The van der Waals surface area contributed by atoms with Crippen LogP contribution in [0, 0.1) is 6.92 Å². The lowest BCUT2D eigenvalue weighted by molar-refractivity contribution is 0.100. The van der Waals surface area contributed by atoms with E-state index in [9.17, 15) is 4.79 Å². The summed E-state index contributed by atoms with van der Waals surface area (Å²) in [6, 6.07) is 5.80. The Labute approximate surface area is 96.6 Å². The summed E-state index contributed by atoms with van der Waals surface area (Å²) in [4.78, 5) is 15.2. The standard InChI is InChI=1S/C11H11N3OS/c1-6-4-7-2-3-16-9(7)5-8(6)10(15)14-11(12)13/h2-5H,1H3,(H4,12,13,14,15). The van der Waals surface area contributed by atoms with Crippen molar-refractivity contribution in [3.8, 4) is 0 Å². The summed E-state index contributed by atoms with van der Waals surface area (Å²) in [7, 11) is 0. The van der Waals surface area contributed by atoms with E-state index in [4.69, 9.17) is 11.5 Å². The van der Waals surface area contributed by atoms with Crippen molar-refractivity contribution in [1.82, 2.24) is 0 Å². The number of hydrogen-bond acceptors (Lipinski definition) is 2. The summed E-state index contributed by atoms with van der Waals surface area (Å²) < 4.78 is 1.06. The molecule has 1 aromatic heterocycles. The molecule has 0 aliphatic rings. The van der Waals surface area contributed by atoms with Crippen molar-refractivity contribution in [2.75, 3.05) is 0 Å². The fourth-order valence-electron chi connectivity index (χ4n) is 1.53. The SMILES string of the molecule is Cc1cc2ccsc2cc1C(=O)N=C(N)N. The number of guanidine groups is 1. The van der Waals surface area contributed by atoms with E-state index >= 15 is 0 Å². The molecule has 1 aromatic carbocycles. The third kappa shape index (κ3) is 1.90. The van der Waals surface area contributed by atoms with Gasteiger partial charge in [-0.05, 0) is 41.5 Å². The van der Waals surface area contributed by atoms with Crippen LogP contribution in [0.4, 0.5) is 0 Å². The zero-order valence-corrected chi connectivity index (χ0v) is 9.54. The van der Waals surface area contributed by atoms with Crippen LogP contribution in [-0.2, 0) is 0 Å². The van der Waals surface area contributed by atoms with Crippen LogP contribution in [0.5, 0.6) is 0 Å². The van der Waals surface area contributed by atoms with Crippen LogP contribution in [0.25, 0.3) is 10.1 Å². The van der Waals surface area contributed by atoms with Crippen molar-refractivity contribution in [2.24, 2.45) is 16.5 Å². The second-order valence-corrected chi connectivity index (χ2v) is 4.42. The highest BCUT2D eigenvalue weighted by atomic mass is 32.1. The smallest absolute Gasteiger partial charge is 0.280 e. The Morgan fingerprint density at radius 2 is 2.12 bits per heavy atom. The Kier molecular flexibility index (Phi) is 2.62. The Morgan fingerprint density at radius 3 is 2.81 bits per heavy atom. The highest BCUT2D eigenvalue weighted by molar-refractivity contribution is 7.17. The first-order valence-corrected chi connectivity index (χ1v) is 5.57. The second-order valence-electron chi connectivity index (χ2n) is 3.47. The van der Waals surface area contributed by atoms with Gasteiger partial charge >= 0.3 is 0 Å². The first-order chi connectivity index (χ1) is 7.58. The minimum absolute atomic E-state index is 0.212. The van der Waals surface area contributed by atoms with Crippen molar-refractivity contribution in [3.63, 3.8) is 0 Å². The predicted octanol–water partition coefficient (Wildman–Crippen LogP) is 1.62. The van der Waals surface area contributed by atoms with Crippen LogP contribution >= 0.6 is 11.3 Å². The third-order valence-corrected chi connectivity index (χ3v) is 3.14. The van der Waals surface area contributed by atoms with Crippen molar-refractivity contribution in [1.29, 1.82) is 0 Å². The van der Waals surface area contributed by atoms with Crippen LogP contribution in [0.2, 0.25) is 0 Å². The van der Waals surface area contributed by atoms with Gasteiger partial charge < -0.3 is 11.5 Å². The second kappa shape index (κ2) is 3.94. The van der Waals surface area contributed by atoms with Gasteiger partial charge in [0.25, 0.3) is 5.91 Å². The molecule has 0 bridgehead atoms. The molecule has 1 heterocycles. The Morgan fingerprint density at radius 1 is 1.38 bits per heavy atom. The minimum Gasteiger partial charge on any atom is -0.370 e. The van der Waals surface area contributed by atoms with Crippen molar-refractivity contribution in [3.05, 3.63) is 34.7 Å². The van der Waals surface area contributed by atoms with Gasteiger partial charge in [0.1, 0.15) is 0 Å². The molecule has 0 radical (unpaired) electrons. The third-order valence-electron chi connectivity index (χ3n) is 2.26. The molecule has 0 fully saturated rings. The van der Waals surface area contributed by atoms with E-state index < -0.39 is 5.91 Å². The molecule has 0 aliphatic heterocycles. The largest absolute Gasteiger partial charge is 0.370 e. The predicted molar refractivity (Wildman–Crippen MR) is 66.7 cm³/mol. The Hall–Kier alpha value is -1.88. The van der Waals surface area contributed by atoms with Gasteiger partial charge in [0.15, 0.2) is 5.96 Å². The molecule has 4 nitrogen and oxygen atoms in total. The number of nitrogens with zero attached hydrogens (tertiary/aromatic N) is 1. The molecule has 0 aliphatic carbocycles. The van der Waals surface area contributed by atoms with Gasteiger partial charge in [0, 0.05) is 10.3 Å². The summed E-state index contributed by atoms with van der Waals surface area (Å²) in [5, 5.41) is 3.11. The van der Waals surface area contributed by atoms with E-state index in [-0.39, 0.29) is 5.96 Å². The molecule has 4 N–H and O–H groups in total. The van der Waals surface area contributed by atoms with Gasteiger partial charge in [-0.2, -0.15) is 4.99 Å². The van der Waals surface area contributed by atoms with Crippen LogP contribution in [0.1, 0.15) is 15.9 Å². The van der Waals surface area contributed by atoms with Crippen molar-refractivity contribution in [2.45, 2.75) is 6.92 Å². The molecule has 16 heavy (non-hydrogen) atoms. The van der Waals surface area contributed by atoms with Gasteiger partial charge in [-0.15, -0.1) is 11.3 Å². The van der Waals surface area contributed by atoms with Crippen molar-refractivity contribution < 1.29 is 4.79 Å². The van der Waals surface area contributed by atoms with Gasteiger partial charge in [-0.3, -0.25) is 4.79 Å². The van der Waals surface area contributed by atoms with E-state index in [0.29, 0.717) is 5.56 Å².